The highest BCUT2D eigenvalue weighted by molar-refractivity contribution is 6.03. The molecule has 0 bridgehead atoms. The summed E-state index contributed by atoms with van der Waals surface area (Å²) in [6.45, 7) is 7.92. The van der Waals surface area contributed by atoms with Crippen molar-refractivity contribution in [2.75, 3.05) is 10.6 Å². The Morgan fingerprint density at radius 3 is 2.09 bits per heavy atom. The van der Waals surface area contributed by atoms with E-state index < -0.39 is 11.9 Å². The third kappa shape index (κ3) is 5.85. The van der Waals surface area contributed by atoms with Crippen LogP contribution >= 0.6 is 0 Å². The summed E-state index contributed by atoms with van der Waals surface area (Å²) in [4.78, 5) is 37.2. The fourth-order valence-electron chi connectivity index (χ4n) is 2.99. The van der Waals surface area contributed by atoms with E-state index >= 15 is 0 Å². The van der Waals surface area contributed by atoms with Gasteiger partial charge in [-0.1, -0.05) is 39.0 Å². The van der Waals surface area contributed by atoms with Crippen LogP contribution in [0.4, 0.5) is 11.4 Å². The zero-order chi connectivity index (χ0) is 23.3. The third-order valence-electron chi connectivity index (χ3n) is 4.89. The topological polar surface area (TPSA) is 100 Å². The van der Waals surface area contributed by atoms with E-state index in [0.717, 1.165) is 5.56 Å². The minimum Gasteiger partial charge on any atom is -0.459 e. The Morgan fingerprint density at radius 1 is 0.844 bits per heavy atom. The van der Waals surface area contributed by atoms with E-state index in [9.17, 15) is 14.4 Å². The molecule has 2 aromatic carbocycles. The van der Waals surface area contributed by atoms with Crippen molar-refractivity contribution in [2.45, 2.75) is 39.2 Å². The summed E-state index contributed by atoms with van der Waals surface area (Å²) in [6.07, 6.45) is 1.42. The molecule has 0 fully saturated rings. The van der Waals surface area contributed by atoms with Crippen molar-refractivity contribution in [1.29, 1.82) is 0 Å². The molecule has 3 aromatic rings. The van der Waals surface area contributed by atoms with Gasteiger partial charge in [-0.25, -0.2) is 0 Å². The second-order valence-electron chi connectivity index (χ2n) is 8.52. The molecule has 3 amide bonds. The van der Waals surface area contributed by atoms with E-state index in [-0.39, 0.29) is 23.0 Å². The summed E-state index contributed by atoms with van der Waals surface area (Å²) < 4.78 is 5.07. The van der Waals surface area contributed by atoms with Crippen molar-refractivity contribution in [3.8, 4) is 0 Å². The van der Waals surface area contributed by atoms with E-state index in [2.05, 4.69) is 36.7 Å². The highest BCUT2D eigenvalue weighted by Gasteiger charge is 2.19. The van der Waals surface area contributed by atoms with Gasteiger partial charge in [0.05, 0.1) is 6.26 Å². The molecule has 7 nitrogen and oxygen atoms in total. The number of amides is 3. The van der Waals surface area contributed by atoms with Crippen LogP contribution in [-0.4, -0.2) is 23.8 Å². The van der Waals surface area contributed by atoms with Crippen molar-refractivity contribution >= 4 is 29.1 Å². The minimum atomic E-state index is -0.758. The van der Waals surface area contributed by atoms with Gasteiger partial charge < -0.3 is 20.4 Å². The number of carbonyl (C=O) groups excluding carboxylic acids is 3. The highest BCUT2D eigenvalue weighted by Crippen LogP contribution is 2.22. The number of furan rings is 1. The van der Waals surface area contributed by atoms with E-state index in [1.54, 1.807) is 55.5 Å². The van der Waals surface area contributed by atoms with Gasteiger partial charge in [-0.15, -0.1) is 0 Å². The average Bonchev–Trinajstić information content (AvgIpc) is 3.28. The molecule has 0 radical (unpaired) electrons. The van der Waals surface area contributed by atoms with Crippen molar-refractivity contribution in [1.82, 2.24) is 5.32 Å². The van der Waals surface area contributed by atoms with Crippen LogP contribution in [0, 0.1) is 0 Å². The summed E-state index contributed by atoms with van der Waals surface area (Å²) in [5.41, 5.74) is 2.59. The van der Waals surface area contributed by atoms with Crippen LogP contribution in [0.25, 0.3) is 0 Å². The van der Waals surface area contributed by atoms with Gasteiger partial charge in [0, 0.05) is 16.9 Å². The van der Waals surface area contributed by atoms with Crippen LogP contribution in [0.3, 0.4) is 0 Å². The van der Waals surface area contributed by atoms with Crippen molar-refractivity contribution in [3.05, 3.63) is 83.8 Å². The number of rotatable bonds is 6. The number of hydrogen-bond donors (Lipinski definition) is 3. The summed E-state index contributed by atoms with van der Waals surface area (Å²) in [6, 6.07) is 16.5. The molecule has 0 saturated heterocycles. The van der Waals surface area contributed by atoms with Crippen molar-refractivity contribution in [3.63, 3.8) is 0 Å². The Balaban J connectivity index is 1.58. The molecule has 0 aliphatic rings. The van der Waals surface area contributed by atoms with Gasteiger partial charge in [0.1, 0.15) is 6.04 Å². The van der Waals surface area contributed by atoms with Crippen LogP contribution in [-0.2, 0) is 10.2 Å². The molecule has 1 aromatic heterocycles. The molecule has 0 saturated carbocycles. The summed E-state index contributed by atoms with van der Waals surface area (Å²) in [7, 11) is 0. The van der Waals surface area contributed by atoms with Gasteiger partial charge >= 0.3 is 0 Å². The number of nitrogens with one attached hydrogen (secondary N) is 3. The van der Waals surface area contributed by atoms with Gasteiger partial charge in [0.2, 0.25) is 5.91 Å². The van der Waals surface area contributed by atoms with E-state index in [0.29, 0.717) is 16.9 Å². The van der Waals surface area contributed by atoms with Crippen molar-refractivity contribution < 1.29 is 18.8 Å². The summed E-state index contributed by atoms with van der Waals surface area (Å²) in [5, 5.41) is 8.16. The quantitative estimate of drug-likeness (QED) is 0.529. The first kappa shape index (κ1) is 22.8. The predicted molar refractivity (Wildman–Crippen MR) is 124 cm³/mol. The number of benzene rings is 2. The molecule has 166 valence electrons. The Bertz CT molecular complexity index is 1100. The average molecular weight is 434 g/mol. The minimum absolute atomic E-state index is 0.00580. The van der Waals surface area contributed by atoms with Crippen molar-refractivity contribution in [2.24, 2.45) is 0 Å². The first-order valence-electron chi connectivity index (χ1n) is 10.3. The fraction of sp³-hybridized carbons (Fsp3) is 0.240. The van der Waals surface area contributed by atoms with Gasteiger partial charge in [0.25, 0.3) is 11.8 Å². The highest BCUT2D eigenvalue weighted by atomic mass is 16.3. The zero-order valence-electron chi connectivity index (χ0n) is 18.6. The lowest BCUT2D eigenvalue weighted by atomic mass is 9.86. The lowest BCUT2D eigenvalue weighted by Crippen LogP contribution is -2.41. The van der Waals surface area contributed by atoms with Crippen LogP contribution < -0.4 is 16.0 Å². The summed E-state index contributed by atoms with van der Waals surface area (Å²) >= 11 is 0. The molecule has 32 heavy (non-hydrogen) atoms. The second-order valence-corrected chi connectivity index (χ2v) is 8.52. The predicted octanol–water partition coefficient (Wildman–Crippen LogP) is 4.59. The molecule has 1 unspecified atom stereocenters. The molecule has 3 rings (SSSR count). The molecule has 0 aliphatic carbocycles. The maximum atomic E-state index is 12.6. The molecular formula is C25H27N3O4. The molecule has 1 atom stereocenters. The number of anilines is 2. The Kier molecular flexibility index (Phi) is 6.78. The first-order chi connectivity index (χ1) is 15.1. The zero-order valence-corrected chi connectivity index (χ0v) is 18.6. The maximum absolute atomic E-state index is 12.6. The fourth-order valence-corrected chi connectivity index (χ4v) is 2.99. The van der Waals surface area contributed by atoms with E-state index in [1.807, 2.05) is 12.1 Å². The first-order valence-corrected chi connectivity index (χ1v) is 10.3. The molecule has 3 N–H and O–H groups in total. The van der Waals surface area contributed by atoms with E-state index in [1.165, 1.54) is 6.26 Å². The van der Waals surface area contributed by atoms with Crippen LogP contribution in [0.15, 0.2) is 71.3 Å². The van der Waals surface area contributed by atoms with Gasteiger partial charge in [-0.05, 0) is 60.4 Å². The maximum Gasteiger partial charge on any atom is 0.291 e. The van der Waals surface area contributed by atoms with Gasteiger partial charge in [-0.3, -0.25) is 14.4 Å². The number of hydrogen-bond acceptors (Lipinski definition) is 4. The lowest BCUT2D eigenvalue weighted by Gasteiger charge is -2.19. The SMILES string of the molecule is CC(NC(=O)c1ccc(C(C)(C)C)cc1)C(=O)Nc1cccc(NC(=O)c2ccco2)c1. The van der Waals surface area contributed by atoms with E-state index in [4.69, 9.17) is 4.42 Å². The molecule has 0 aliphatic heterocycles. The van der Waals surface area contributed by atoms with Crippen LogP contribution in [0.2, 0.25) is 0 Å². The van der Waals surface area contributed by atoms with Crippen LogP contribution in [0.1, 0.15) is 54.2 Å². The Labute approximate surface area is 187 Å². The lowest BCUT2D eigenvalue weighted by molar-refractivity contribution is -0.117. The standard InChI is InChI=1S/C25H27N3O4/c1-16(26-23(30)17-10-12-18(13-11-17)25(2,3)4)22(29)27-19-7-5-8-20(15-19)28-24(31)21-9-6-14-32-21/h5-16H,1-4H3,(H,26,30)(H,27,29)(H,28,31). The molecular weight excluding hydrogens is 406 g/mol. The monoisotopic (exact) mass is 433 g/mol. The smallest absolute Gasteiger partial charge is 0.291 e. The molecule has 7 heteroatoms. The second kappa shape index (κ2) is 9.51. The van der Waals surface area contributed by atoms with Gasteiger partial charge in [-0.2, -0.15) is 0 Å². The summed E-state index contributed by atoms with van der Waals surface area (Å²) in [5.74, 6) is -0.908. The Hall–Kier alpha value is -3.87. The normalized spacial score (nSPS) is 12.0. The largest absolute Gasteiger partial charge is 0.459 e. The number of carbonyl (C=O) groups is 3. The Morgan fingerprint density at radius 2 is 1.50 bits per heavy atom. The van der Waals surface area contributed by atoms with Gasteiger partial charge in [0.15, 0.2) is 5.76 Å². The third-order valence-corrected chi connectivity index (χ3v) is 4.89. The van der Waals surface area contributed by atoms with Crippen LogP contribution in [0.5, 0.6) is 0 Å². The molecule has 0 spiro atoms. The molecule has 1 heterocycles.